The van der Waals surface area contributed by atoms with Crippen molar-refractivity contribution in [1.29, 1.82) is 0 Å². The molecule has 0 aromatic heterocycles. The molecule has 0 radical (unpaired) electrons. The highest BCUT2D eigenvalue weighted by molar-refractivity contribution is 5.95. The first-order valence-corrected chi connectivity index (χ1v) is 7.06. The van der Waals surface area contributed by atoms with Gasteiger partial charge in [-0.1, -0.05) is 37.3 Å². The quantitative estimate of drug-likeness (QED) is 0.741. The zero-order chi connectivity index (χ0) is 12.8. The monoisotopic (exact) mass is 245 g/mol. The molecule has 2 rings (SSSR count). The number of nitrogens with zero attached hydrogens (tertiary/aromatic N) is 1. The van der Waals surface area contributed by atoms with E-state index in [1.165, 1.54) is 25.9 Å². The largest absolute Gasteiger partial charge is 0.303 e. The minimum atomic E-state index is 0.279. The van der Waals surface area contributed by atoms with Crippen LogP contribution >= 0.6 is 0 Å². The molecular weight excluding hydrogens is 222 g/mol. The Morgan fingerprint density at radius 1 is 1.22 bits per heavy atom. The Kier molecular flexibility index (Phi) is 4.94. The van der Waals surface area contributed by atoms with E-state index in [1.54, 1.807) is 0 Å². The third-order valence-electron chi connectivity index (χ3n) is 3.85. The summed E-state index contributed by atoms with van der Waals surface area (Å²) in [4.78, 5) is 14.4. The van der Waals surface area contributed by atoms with E-state index in [4.69, 9.17) is 0 Å². The van der Waals surface area contributed by atoms with E-state index in [1.807, 2.05) is 30.3 Å². The standard InChI is InChI=1S/C16H23NO/c1-14-9-12-17(13-10-14)11-5-8-16(18)15-6-3-2-4-7-15/h2-4,6-7,14H,5,8-13H2,1H3. The molecule has 0 amide bonds. The average Bonchev–Trinajstić information content (AvgIpc) is 2.42. The Hall–Kier alpha value is -1.15. The topological polar surface area (TPSA) is 20.3 Å². The summed E-state index contributed by atoms with van der Waals surface area (Å²) in [7, 11) is 0. The minimum Gasteiger partial charge on any atom is -0.303 e. The summed E-state index contributed by atoms with van der Waals surface area (Å²) in [5, 5.41) is 0. The fraction of sp³-hybridized carbons (Fsp3) is 0.562. The number of benzene rings is 1. The molecule has 0 unspecified atom stereocenters. The first kappa shape index (κ1) is 13.3. The second-order valence-corrected chi connectivity index (χ2v) is 5.42. The summed E-state index contributed by atoms with van der Waals surface area (Å²) in [5.41, 5.74) is 0.852. The molecule has 1 aliphatic rings. The lowest BCUT2D eigenvalue weighted by molar-refractivity contribution is 0.0971. The smallest absolute Gasteiger partial charge is 0.162 e. The van der Waals surface area contributed by atoms with E-state index in [0.29, 0.717) is 6.42 Å². The van der Waals surface area contributed by atoms with Gasteiger partial charge in [0.2, 0.25) is 0 Å². The lowest BCUT2D eigenvalue weighted by Crippen LogP contribution is -2.33. The minimum absolute atomic E-state index is 0.279. The molecule has 0 N–H and O–H groups in total. The first-order valence-electron chi connectivity index (χ1n) is 7.06. The Bertz CT molecular complexity index is 366. The van der Waals surface area contributed by atoms with Gasteiger partial charge in [0, 0.05) is 12.0 Å². The second kappa shape index (κ2) is 6.69. The van der Waals surface area contributed by atoms with Crippen LogP contribution in [0, 0.1) is 5.92 Å². The Morgan fingerprint density at radius 2 is 1.89 bits per heavy atom. The maximum Gasteiger partial charge on any atom is 0.162 e. The molecule has 0 spiro atoms. The van der Waals surface area contributed by atoms with Gasteiger partial charge in [0.25, 0.3) is 0 Å². The van der Waals surface area contributed by atoms with Crippen LogP contribution in [0.2, 0.25) is 0 Å². The molecule has 0 atom stereocenters. The van der Waals surface area contributed by atoms with Crippen LogP contribution in [0.15, 0.2) is 30.3 Å². The molecule has 1 heterocycles. The summed E-state index contributed by atoms with van der Waals surface area (Å²) in [6.45, 7) is 5.82. The lowest BCUT2D eigenvalue weighted by atomic mass is 9.99. The van der Waals surface area contributed by atoms with Gasteiger partial charge in [-0.25, -0.2) is 0 Å². The van der Waals surface area contributed by atoms with Gasteiger partial charge in [-0.3, -0.25) is 4.79 Å². The summed E-state index contributed by atoms with van der Waals surface area (Å²) in [6, 6.07) is 9.63. The van der Waals surface area contributed by atoms with Crippen molar-refractivity contribution < 1.29 is 4.79 Å². The van der Waals surface area contributed by atoms with Crippen LogP contribution in [0.3, 0.4) is 0 Å². The first-order chi connectivity index (χ1) is 8.75. The van der Waals surface area contributed by atoms with Crippen molar-refractivity contribution in [3.05, 3.63) is 35.9 Å². The second-order valence-electron chi connectivity index (χ2n) is 5.42. The van der Waals surface area contributed by atoms with Crippen LogP contribution in [-0.2, 0) is 0 Å². The van der Waals surface area contributed by atoms with Gasteiger partial charge in [-0.15, -0.1) is 0 Å². The molecule has 0 saturated carbocycles. The number of hydrogen-bond donors (Lipinski definition) is 0. The molecule has 1 fully saturated rings. The molecular formula is C16H23NO. The van der Waals surface area contributed by atoms with Gasteiger partial charge >= 0.3 is 0 Å². The van der Waals surface area contributed by atoms with Crippen molar-refractivity contribution in [1.82, 2.24) is 4.90 Å². The number of carbonyl (C=O) groups excluding carboxylic acids is 1. The molecule has 0 bridgehead atoms. The number of piperidine rings is 1. The summed E-state index contributed by atoms with van der Waals surface area (Å²) >= 11 is 0. The van der Waals surface area contributed by atoms with Crippen LogP contribution in [0.4, 0.5) is 0 Å². The third kappa shape index (κ3) is 3.95. The molecule has 2 nitrogen and oxygen atoms in total. The maximum absolute atomic E-state index is 11.9. The number of likely N-dealkylation sites (tertiary alicyclic amines) is 1. The van der Waals surface area contributed by atoms with Crippen LogP contribution in [0.25, 0.3) is 0 Å². The van der Waals surface area contributed by atoms with Gasteiger partial charge in [-0.05, 0) is 44.8 Å². The van der Waals surface area contributed by atoms with Crippen molar-refractivity contribution in [3.8, 4) is 0 Å². The maximum atomic E-state index is 11.9. The summed E-state index contributed by atoms with van der Waals surface area (Å²) < 4.78 is 0. The number of rotatable bonds is 5. The molecule has 2 heteroatoms. The van der Waals surface area contributed by atoms with Crippen LogP contribution in [0.1, 0.15) is 43.0 Å². The van der Waals surface area contributed by atoms with E-state index < -0.39 is 0 Å². The highest BCUT2D eigenvalue weighted by atomic mass is 16.1. The van der Waals surface area contributed by atoms with Gasteiger partial charge in [0.1, 0.15) is 0 Å². The molecule has 1 aromatic rings. The Morgan fingerprint density at radius 3 is 2.56 bits per heavy atom. The molecule has 18 heavy (non-hydrogen) atoms. The van der Waals surface area contributed by atoms with Crippen molar-refractivity contribution in [2.75, 3.05) is 19.6 Å². The zero-order valence-electron chi connectivity index (χ0n) is 11.3. The third-order valence-corrected chi connectivity index (χ3v) is 3.85. The van der Waals surface area contributed by atoms with E-state index in [9.17, 15) is 4.79 Å². The SMILES string of the molecule is CC1CCN(CCCC(=O)c2ccccc2)CC1. The summed E-state index contributed by atoms with van der Waals surface area (Å²) in [6.07, 6.45) is 4.29. The van der Waals surface area contributed by atoms with E-state index in [2.05, 4.69) is 11.8 Å². The molecule has 98 valence electrons. The van der Waals surface area contributed by atoms with Gasteiger partial charge in [0.15, 0.2) is 5.78 Å². The predicted octanol–water partition coefficient (Wildman–Crippen LogP) is 3.38. The van der Waals surface area contributed by atoms with E-state index in [-0.39, 0.29) is 5.78 Å². The number of ketones is 1. The number of Topliss-reactive ketones (excluding diaryl/α,β-unsaturated/α-hetero) is 1. The summed E-state index contributed by atoms with van der Waals surface area (Å²) in [5.74, 6) is 1.16. The molecule has 1 aromatic carbocycles. The van der Waals surface area contributed by atoms with Crippen molar-refractivity contribution in [2.45, 2.75) is 32.6 Å². The van der Waals surface area contributed by atoms with Gasteiger partial charge in [0.05, 0.1) is 0 Å². The highest BCUT2D eigenvalue weighted by Crippen LogP contribution is 2.16. The van der Waals surface area contributed by atoms with Gasteiger partial charge in [-0.2, -0.15) is 0 Å². The number of hydrogen-bond acceptors (Lipinski definition) is 2. The fourth-order valence-electron chi connectivity index (χ4n) is 2.52. The lowest BCUT2D eigenvalue weighted by Gasteiger charge is -2.29. The van der Waals surface area contributed by atoms with E-state index >= 15 is 0 Å². The predicted molar refractivity (Wildman–Crippen MR) is 74.8 cm³/mol. The van der Waals surface area contributed by atoms with Gasteiger partial charge < -0.3 is 4.90 Å². The number of carbonyl (C=O) groups is 1. The fourth-order valence-corrected chi connectivity index (χ4v) is 2.52. The van der Waals surface area contributed by atoms with Crippen LogP contribution in [0.5, 0.6) is 0 Å². The van der Waals surface area contributed by atoms with Crippen molar-refractivity contribution >= 4 is 5.78 Å². The van der Waals surface area contributed by atoms with Crippen LogP contribution in [-0.4, -0.2) is 30.3 Å². The zero-order valence-corrected chi connectivity index (χ0v) is 11.3. The molecule has 1 aliphatic heterocycles. The highest BCUT2D eigenvalue weighted by Gasteiger charge is 2.15. The molecule has 1 saturated heterocycles. The van der Waals surface area contributed by atoms with Crippen molar-refractivity contribution in [2.24, 2.45) is 5.92 Å². The Labute approximate surface area is 110 Å². The van der Waals surface area contributed by atoms with E-state index in [0.717, 1.165) is 24.4 Å². The normalized spacial score (nSPS) is 17.8. The Balaban J connectivity index is 1.68. The molecule has 0 aliphatic carbocycles. The van der Waals surface area contributed by atoms with Crippen molar-refractivity contribution in [3.63, 3.8) is 0 Å². The van der Waals surface area contributed by atoms with Crippen LogP contribution < -0.4 is 0 Å². The average molecular weight is 245 g/mol.